The van der Waals surface area contributed by atoms with E-state index in [0.29, 0.717) is 10.9 Å². The standard InChI is InChI=1S/C10H8ClO6P/c11-5-6-3-10(12)16-9-4-7(1-2-8(6)9)17-18(13,14)15/h1-4H,5H2,(H2,13,14,15). The summed E-state index contributed by atoms with van der Waals surface area (Å²) in [6, 6.07) is 5.36. The topological polar surface area (TPSA) is 97.0 Å². The molecule has 2 N–H and O–H groups in total. The number of benzene rings is 1. The highest BCUT2D eigenvalue weighted by Crippen LogP contribution is 2.38. The van der Waals surface area contributed by atoms with Crippen molar-refractivity contribution in [2.75, 3.05) is 0 Å². The van der Waals surface area contributed by atoms with Crippen LogP contribution in [0.1, 0.15) is 5.56 Å². The van der Waals surface area contributed by atoms with E-state index in [0.717, 1.165) is 0 Å². The lowest BCUT2D eigenvalue weighted by Crippen LogP contribution is -1.99. The van der Waals surface area contributed by atoms with Crippen LogP contribution in [-0.4, -0.2) is 9.79 Å². The van der Waals surface area contributed by atoms with Gasteiger partial charge in [0.05, 0.1) is 0 Å². The molecule has 0 aliphatic rings. The van der Waals surface area contributed by atoms with Crippen molar-refractivity contribution in [1.29, 1.82) is 0 Å². The summed E-state index contributed by atoms with van der Waals surface area (Å²) in [5, 5.41) is 0.586. The molecule has 0 fully saturated rings. The van der Waals surface area contributed by atoms with E-state index in [-0.39, 0.29) is 17.2 Å². The van der Waals surface area contributed by atoms with Crippen molar-refractivity contribution in [3.05, 3.63) is 40.2 Å². The molecular weight excluding hydrogens is 283 g/mol. The minimum absolute atomic E-state index is 0.0919. The van der Waals surface area contributed by atoms with Gasteiger partial charge in [-0.05, 0) is 17.7 Å². The fourth-order valence-electron chi connectivity index (χ4n) is 1.51. The summed E-state index contributed by atoms with van der Waals surface area (Å²) < 4.78 is 20.0. The molecule has 0 spiro atoms. The molecule has 8 heteroatoms. The Morgan fingerprint density at radius 2 is 2.06 bits per heavy atom. The van der Waals surface area contributed by atoms with Gasteiger partial charge in [0.25, 0.3) is 0 Å². The molecule has 0 saturated heterocycles. The van der Waals surface area contributed by atoms with Crippen LogP contribution in [-0.2, 0) is 10.4 Å². The Morgan fingerprint density at radius 3 is 2.67 bits per heavy atom. The fraction of sp³-hybridized carbons (Fsp3) is 0.100. The molecule has 96 valence electrons. The highest BCUT2D eigenvalue weighted by molar-refractivity contribution is 7.46. The predicted molar refractivity (Wildman–Crippen MR) is 64.7 cm³/mol. The van der Waals surface area contributed by atoms with E-state index in [4.69, 9.17) is 25.8 Å². The third-order valence-corrected chi connectivity index (χ3v) is 2.91. The molecule has 0 amide bonds. The lowest BCUT2D eigenvalue weighted by molar-refractivity contribution is 0.283. The SMILES string of the molecule is O=c1cc(CCl)c2ccc(OP(=O)(O)O)cc2o1. The van der Waals surface area contributed by atoms with Gasteiger partial charge in [0.2, 0.25) is 0 Å². The third kappa shape index (κ3) is 2.91. The summed E-state index contributed by atoms with van der Waals surface area (Å²) >= 11 is 5.69. The van der Waals surface area contributed by atoms with Gasteiger partial charge in [-0.3, -0.25) is 9.79 Å². The van der Waals surface area contributed by atoms with Gasteiger partial charge in [-0.15, -0.1) is 11.6 Å². The first kappa shape index (κ1) is 13.1. The van der Waals surface area contributed by atoms with Gasteiger partial charge in [-0.2, -0.15) is 0 Å². The smallest absolute Gasteiger partial charge is 0.423 e. The van der Waals surface area contributed by atoms with E-state index in [1.54, 1.807) is 0 Å². The Morgan fingerprint density at radius 1 is 1.33 bits per heavy atom. The lowest BCUT2D eigenvalue weighted by Gasteiger charge is -2.08. The van der Waals surface area contributed by atoms with Crippen molar-refractivity contribution in [2.24, 2.45) is 0 Å². The molecule has 0 bridgehead atoms. The van der Waals surface area contributed by atoms with Crippen molar-refractivity contribution in [1.82, 2.24) is 0 Å². The number of fused-ring (bicyclic) bond motifs is 1. The van der Waals surface area contributed by atoms with E-state index in [2.05, 4.69) is 4.52 Å². The second-order valence-corrected chi connectivity index (χ2v) is 4.90. The van der Waals surface area contributed by atoms with Gasteiger partial charge in [0.1, 0.15) is 11.3 Å². The largest absolute Gasteiger partial charge is 0.524 e. The normalized spacial score (nSPS) is 11.7. The maximum absolute atomic E-state index is 11.2. The Labute approximate surface area is 106 Å². The van der Waals surface area contributed by atoms with Gasteiger partial charge in [-0.25, -0.2) is 9.36 Å². The molecule has 2 aromatic rings. The zero-order chi connectivity index (χ0) is 13.3. The highest BCUT2D eigenvalue weighted by atomic mass is 35.5. The van der Waals surface area contributed by atoms with Crippen LogP contribution < -0.4 is 10.1 Å². The van der Waals surface area contributed by atoms with Crippen LogP contribution in [0.3, 0.4) is 0 Å². The highest BCUT2D eigenvalue weighted by Gasteiger charge is 2.16. The van der Waals surface area contributed by atoms with Crippen molar-refractivity contribution < 1.29 is 23.3 Å². The molecule has 0 radical (unpaired) electrons. The van der Waals surface area contributed by atoms with Crippen LogP contribution >= 0.6 is 19.4 Å². The van der Waals surface area contributed by atoms with Crippen LogP contribution in [0.4, 0.5) is 0 Å². The molecule has 2 rings (SSSR count). The molecule has 1 heterocycles. The number of hydrogen-bond acceptors (Lipinski definition) is 4. The van der Waals surface area contributed by atoms with Gasteiger partial charge in [-0.1, -0.05) is 0 Å². The second kappa shape index (κ2) is 4.74. The Kier molecular flexibility index (Phi) is 3.45. The molecular formula is C10H8ClO6P. The first-order valence-electron chi connectivity index (χ1n) is 4.77. The average Bonchev–Trinajstić information content (AvgIpc) is 2.25. The van der Waals surface area contributed by atoms with Gasteiger partial charge < -0.3 is 8.94 Å². The molecule has 18 heavy (non-hydrogen) atoms. The summed E-state index contributed by atoms with van der Waals surface area (Å²) in [5.41, 5.74) is 0.140. The predicted octanol–water partition coefficient (Wildman–Crippen LogP) is 2.00. The first-order chi connectivity index (χ1) is 8.39. The monoisotopic (exact) mass is 290 g/mol. The number of phosphoric acid groups is 1. The second-order valence-electron chi connectivity index (χ2n) is 3.46. The summed E-state index contributed by atoms with van der Waals surface area (Å²) in [6.45, 7) is 0. The van der Waals surface area contributed by atoms with Crippen LogP contribution in [0.15, 0.2) is 33.5 Å². The zero-order valence-electron chi connectivity index (χ0n) is 8.87. The van der Waals surface area contributed by atoms with Crippen LogP contribution in [0.2, 0.25) is 0 Å². The number of alkyl halides is 1. The quantitative estimate of drug-likeness (QED) is 0.510. The van der Waals surface area contributed by atoms with Crippen molar-refractivity contribution in [3.8, 4) is 5.75 Å². The van der Waals surface area contributed by atoms with Crippen LogP contribution in [0.5, 0.6) is 5.75 Å². The molecule has 6 nitrogen and oxygen atoms in total. The minimum atomic E-state index is -4.64. The molecule has 0 aliphatic carbocycles. The number of halogens is 1. The van der Waals surface area contributed by atoms with Gasteiger partial charge >= 0.3 is 13.4 Å². The molecule has 0 atom stereocenters. The molecule has 0 aliphatic heterocycles. The average molecular weight is 291 g/mol. The van der Waals surface area contributed by atoms with Crippen molar-refractivity contribution in [2.45, 2.75) is 5.88 Å². The van der Waals surface area contributed by atoms with E-state index in [1.807, 2.05) is 0 Å². The van der Waals surface area contributed by atoms with Crippen molar-refractivity contribution in [3.63, 3.8) is 0 Å². The lowest BCUT2D eigenvalue weighted by atomic mass is 10.1. The van der Waals surface area contributed by atoms with E-state index in [1.165, 1.54) is 24.3 Å². The fourth-order valence-corrected chi connectivity index (χ4v) is 2.12. The maximum atomic E-state index is 11.2. The van der Waals surface area contributed by atoms with Gasteiger partial charge in [0, 0.05) is 23.4 Å². The van der Waals surface area contributed by atoms with Crippen molar-refractivity contribution >= 4 is 30.4 Å². The third-order valence-electron chi connectivity index (χ3n) is 2.17. The molecule has 0 saturated carbocycles. The number of rotatable bonds is 3. The molecule has 1 aromatic carbocycles. The summed E-state index contributed by atoms with van der Waals surface area (Å²) in [7, 11) is -4.64. The number of hydrogen-bond donors (Lipinski definition) is 2. The van der Waals surface area contributed by atoms with Gasteiger partial charge in [0.15, 0.2) is 0 Å². The molecule has 0 unspecified atom stereocenters. The summed E-state index contributed by atoms with van der Waals surface area (Å²) in [5.74, 6) is 0.0339. The number of phosphoric ester groups is 1. The zero-order valence-corrected chi connectivity index (χ0v) is 10.5. The Balaban J connectivity index is 2.58. The van der Waals surface area contributed by atoms with E-state index >= 15 is 0 Å². The minimum Gasteiger partial charge on any atom is -0.423 e. The molecule has 1 aromatic heterocycles. The summed E-state index contributed by atoms with van der Waals surface area (Å²) in [4.78, 5) is 28.6. The van der Waals surface area contributed by atoms with E-state index in [9.17, 15) is 9.36 Å². The Bertz CT molecular complexity index is 688. The van der Waals surface area contributed by atoms with E-state index < -0.39 is 13.4 Å². The first-order valence-corrected chi connectivity index (χ1v) is 6.83. The maximum Gasteiger partial charge on any atom is 0.524 e. The Hall–Kier alpha value is -1.33. The summed E-state index contributed by atoms with van der Waals surface area (Å²) in [6.07, 6.45) is 0. The van der Waals surface area contributed by atoms with Crippen LogP contribution in [0, 0.1) is 0 Å². The van der Waals surface area contributed by atoms with Crippen LogP contribution in [0.25, 0.3) is 11.0 Å².